The molecule has 1 fully saturated rings. The van der Waals surface area contributed by atoms with Crippen LogP contribution in [0.25, 0.3) is 5.69 Å². The minimum absolute atomic E-state index is 0.109. The summed E-state index contributed by atoms with van der Waals surface area (Å²) in [5.74, 6) is -1.33. The molecule has 1 amide bonds. The number of aromatic nitrogens is 3. The van der Waals surface area contributed by atoms with Crippen molar-refractivity contribution in [3.05, 3.63) is 35.7 Å². The number of aromatic carboxylic acids is 1. The highest BCUT2D eigenvalue weighted by molar-refractivity contribution is 5.89. The number of carboxylic acids is 1. The number of rotatable bonds is 4. The first-order valence-corrected chi connectivity index (χ1v) is 7.25. The zero-order chi connectivity index (χ0) is 16.4. The number of benzene rings is 1. The lowest BCUT2D eigenvalue weighted by molar-refractivity contribution is -0.114. The van der Waals surface area contributed by atoms with Gasteiger partial charge in [0.1, 0.15) is 11.8 Å². The fourth-order valence-electron chi connectivity index (χ4n) is 2.63. The molecular weight excluding hydrogens is 300 g/mol. The summed E-state index contributed by atoms with van der Waals surface area (Å²) >= 11 is 0. The van der Waals surface area contributed by atoms with Crippen molar-refractivity contribution in [1.29, 1.82) is 0 Å². The van der Waals surface area contributed by atoms with E-state index in [4.69, 9.17) is 4.74 Å². The fraction of sp³-hybridized carbons (Fsp3) is 0.333. The van der Waals surface area contributed by atoms with Crippen molar-refractivity contribution in [2.45, 2.75) is 25.9 Å². The second-order valence-corrected chi connectivity index (χ2v) is 5.27. The predicted octanol–water partition coefficient (Wildman–Crippen LogP) is 1.78. The van der Waals surface area contributed by atoms with Gasteiger partial charge in [-0.25, -0.2) is 9.48 Å². The topological polar surface area (TPSA) is 106 Å². The van der Waals surface area contributed by atoms with Gasteiger partial charge in [0.25, 0.3) is 0 Å². The molecular formula is C15H16N4O4. The van der Waals surface area contributed by atoms with Gasteiger partial charge in [-0.2, -0.15) is 0 Å². The fourth-order valence-corrected chi connectivity index (χ4v) is 2.63. The van der Waals surface area contributed by atoms with Crippen molar-refractivity contribution in [3.8, 4) is 5.69 Å². The van der Waals surface area contributed by atoms with Crippen LogP contribution in [0.3, 0.4) is 0 Å². The molecule has 1 atom stereocenters. The maximum Gasteiger partial charge on any atom is 0.358 e. The molecule has 1 saturated heterocycles. The van der Waals surface area contributed by atoms with Crippen LogP contribution in [0.5, 0.6) is 0 Å². The Bertz CT molecular complexity index is 750. The van der Waals surface area contributed by atoms with Gasteiger partial charge in [-0.1, -0.05) is 11.3 Å². The van der Waals surface area contributed by atoms with E-state index in [1.54, 1.807) is 24.3 Å². The van der Waals surface area contributed by atoms with Crippen LogP contribution < -0.4 is 5.32 Å². The Labute approximate surface area is 132 Å². The Kier molecular flexibility index (Phi) is 4.07. The first-order chi connectivity index (χ1) is 11.1. The van der Waals surface area contributed by atoms with E-state index in [1.165, 1.54) is 11.6 Å². The minimum Gasteiger partial charge on any atom is -0.476 e. The lowest BCUT2D eigenvalue weighted by atomic mass is 10.1. The molecule has 8 nitrogen and oxygen atoms in total. The Hall–Kier alpha value is -2.74. The van der Waals surface area contributed by atoms with Crippen LogP contribution in [0.15, 0.2) is 24.3 Å². The Balaban J connectivity index is 2.05. The highest BCUT2D eigenvalue weighted by Gasteiger charge is 2.30. The van der Waals surface area contributed by atoms with Gasteiger partial charge in [0.05, 0.1) is 5.69 Å². The smallest absolute Gasteiger partial charge is 0.358 e. The van der Waals surface area contributed by atoms with Crippen molar-refractivity contribution in [3.63, 3.8) is 0 Å². The van der Waals surface area contributed by atoms with E-state index in [9.17, 15) is 14.7 Å². The predicted molar refractivity (Wildman–Crippen MR) is 80.5 cm³/mol. The third-order valence-electron chi connectivity index (χ3n) is 3.55. The largest absolute Gasteiger partial charge is 0.476 e. The Morgan fingerprint density at radius 3 is 2.91 bits per heavy atom. The van der Waals surface area contributed by atoms with Gasteiger partial charge in [0.15, 0.2) is 5.69 Å². The summed E-state index contributed by atoms with van der Waals surface area (Å²) in [5, 5.41) is 19.8. The summed E-state index contributed by atoms with van der Waals surface area (Å²) < 4.78 is 7.07. The van der Waals surface area contributed by atoms with Crippen molar-refractivity contribution < 1.29 is 19.4 Å². The van der Waals surface area contributed by atoms with Gasteiger partial charge in [0, 0.05) is 19.2 Å². The normalized spacial score (nSPS) is 17.2. The minimum atomic E-state index is -1.14. The number of hydrogen-bond acceptors (Lipinski definition) is 5. The summed E-state index contributed by atoms with van der Waals surface area (Å²) in [6, 6.07) is 6.97. The molecule has 3 rings (SSSR count). The second-order valence-electron chi connectivity index (χ2n) is 5.27. The van der Waals surface area contributed by atoms with Crippen LogP contribution >= 0.6 is 0 Å². The molecule has 1 aromatic heterocycles. The molecule has 120 valence electrons. The van der Waals surface area contributed by atoms with Gasteiger partial charge < -0.3 is 15.2 Å². The zero-order valence-electron chi connectivity index (χ0n) is 12.5. The monoisotopic (exact) mass is 316 g/mol. The van der Waals surface area contributed by atoms with Crippen LogP contribution in [-0.4, -0.2) is 38.6 Å². The summed E-state index contributed by atoms with van der Waals surface area (Å²) in [7, 11) is 0. The molecule has 1 aromatic carbocycles. The number of nitrogens with zero attached hydrogens (tertiary/aromatic N) is 3. The first kappa shape index (κ1) is 15.2. The number of amides is 1. The maximum atomic E-state index is 11.4. The zero-order valence-corrected chi connectivity index (χ0v) is 12.5. The van der Waals surface area contributed by atoms with Crippen LogP contribution in [0.4, 0.5) is 5.69 Å². The van der Waals surface area contributed by atoms with Gasteiger partial charge in [-0.05, 0) is 31.0 Å². The van der Waals surface area contributed by atoms with Crippen LogP contribution in [0.2, 0.25) is 0 Å². The van der Waals surface area contributed by atoms with E-state index in [2.05, 4.69) is 15.6 Å². The average molecular weight is 316 g/mol. The van der Waals surface area contributed by atoms with Crippen molar-refractivity contribution in [2.24, 2.45) is 0 Å². The summed E-state index contributed by atoms with van der Waals surface area (Å²) in [6.45, 7) is 2.00. The molecule has 1 aliphatic rings. The summed E-state index contributed by atoms with van der Waals surface area (Å²) in [4.78, 5) is 22.6. The number of ether oxygens (including phenoxy) is 1. The first-order valence-electron chi connectivity index (χ1n) is 7.25. The van der Waals surface area contributed by atoms with Gasteiger partial charge in [-0.3, -0.25) is 4.79 Å². The summed E-state index contributed by atoms with van der Waals surface area (Å²) in [5.41, 5.74) is 1.53. The van der Waals surface area contributed by atoms with E-state index in [0.29, 0.717) is 23.7 Å². The van der Waals surface area contributed by atoms with Crippen LogP contribution in [0, 0.1) is 0 Å². The molecule has 23 heavy (non-hydrogen) atoms. The van der Waals surface area contributed by atoms with E-state index < -0.39 is 5.97 Å². The molecule has 0 saturated carbocycles. The van der Waals surface area contributed by atoms with Crippen molar-refractivity contribution in [2.75, 3.05) is 11.9 Å². The molecule has 0 radical (unpaired) electrons. The quantitative estimate of drug-likeness (QED) is 0.890. The standard InChI is InChI=1S/C15H16N4O4/c1-9(20)16-10-4-2-5-11(8-10)19-14(12-6-3-7-23-12)13(15(21)22)17-18-19/h2,4-5,8,12H,3,6-7H2,1H3,(H,16,20)(H,21,22). The number of nitrogens with one attached hydrogen (secondary N) is 1. The highest BCUT2D eigenvalue weighted by Crippen LogP contribution is 2.31. The number of carboxylic acid groups (broad SMARTS) is 1. The van der Waals surface area contributed by atoms with Gasteiger partial charge in [0.2, 0.25) is 5.91 Å². The van der Waals surface area contributed by atoms with Crippen LogP contribution in [0.1, 0.15) is 42.1 Å². The SMILES string of the molecule is CC(=O)Nc1cccc(-n2nnc(C(=O)O)c2C2CCCO2)c1. The van der Waals surface area contributed by atoms with E-state index in [-0.39, 0.29) is 17.7 Å². The molecule has 2 heterocycles. The molecule has 2 N–H and O–H groups in total. The Morgan fingerprint density at radius 2 is 2.26 bits per heavy atom. The van der Waals surface area contributed by atoms with Crippen LogP contribution in [-0.2, 0) is 9.53 Å². The summed E-state index contributed by atoms with van der Waals surface area (Å²) in [6.07, 6.45) is 1.24. The number of carbonyl (C=O) groups excluding carboxylic acids is 1. The molecule has 0 bridgehead atoms. The third kappa shape index (κ3) is 3.07. The second kappa shape index (κ2) is 6.17. The molecule has 1 aliphatic heterocycles. The van der Waals surface area contributed by atoms with E-state index in [0.717, 1.165) is 12.8 Å². The molecule has 0 aliphatic carbocycles. The lowest BCUT2D eigenvalue weighted by Crippen LogP contribution is -2.12. The number of anilines is 1. The van der Waals surface area contributed by atoms with Crippen molar-refractivity contribution in [1.82, 2.24) is 15.0 Å². The van der Waals surface area contributed by atoms with Gasteiger partial charge in [-0.15, -0.1) is 5.10 Å². The lowest BCUT2D eigenvalue weighted by Gasteiger charge is -2.13. The average Bonchev–Trinajstić information content (AvgIpc) is 3.15. The van der Waals surface area contributed by atoms with E-state index in [1.807, 2.05) is 0 Å². The molecule has 2 aromatic rings. The number of carbonyl (C=O) groups is 2. The van der Waals surface area contributed by atoms with E-state index >= 15 is 0 Å². The third-order valence-corrected chi connectivity index (χ3v) is 3.55. The highest BCUT2D eigenvalue weighted by atomic mass is 16.5. The molecule has 0 spiro atoms. The van der Waals surface area contributed by atoms with Gasteiger partial charge >= 0.3 is 5.97 Å². The van der Waals surface area contributed by atoms with Crippen molar-refractivity contribution >= 4 is 17.6 Å². The number of hydrogen-bond donors (Lipinski definition) is 2. The maximum absolute atomic E-state index is 11.4. The Morgan fingerprint density at radius 1 is 1.43 bits per heavy atom. The molecule has 8 heteroatoms. The molecule has 1 unspecified atom stereocenters.